The van der Waals surface area contributed by atoms with Crippen molar-refractivity contribution in [2.24, 2.45) is 0 Å². The summed E-state index contributed by atoms with van der Waals surface area (Å²) in [6.07, 6.45) is 2.52. The smallest absolute Gasteiger partial charge is 0.248 e. The maximum atomic E-state index is 13.0. The Morgan fingerprint density at radius 2 is 1.80 bits per heavy atom. The van der Waals surface area contributed by atoms with Crippen molar-refractivity contribution in [3.8, 4) is 11.5 Å². The van der Waals surface area contributed by atoms with E-state index in [1.165, 1.54) is 14.2 Å². The fraction of sp³-hybridized carbons (Fsp3) is 0.333. The van der Waals surface area contributed by atoms with Crippen LogP contribution >= 0.6 is 0 Å². The Labute approximate surface area is 148 Å². The first-order valence-electron chi connectivity index (χ1n) is 8.08. The van der Waals surface area contributed by atoms with Crippen LogP contribution in [0.5, 0.6) is 11.5 Å². The molecule has 1 unspecified atom stereocenters. The van der Waals surface area contributed by atoms with Crippen molar-refractivity contribution >= 4 is 15.7 Å². The monoisotopic (exact) mass is 362 g/mol. The van der Waals surface area contributed by atoms with E-state index < -0.39 is 10.0 Å². The average Bonchev–Trinajstić information content (AvgIpc) is 2.60. The quantitative estimate of drug-likeness (QED) is 0.798. The fourth-order valence-corrected chi connectivity index (χ4v) is 4.85. The number of sulfonamides is 1. The molecule has 1 aliphatic rings. The van der Waals surface area contributed by atoms with Gasteiger partial charge in [-0.3, -0.25) is 0 Å². The van der Waals surface area contributed by atoms with Crippen LogP contribution in [-0.2, 0) is 16.4 Å². The van der Waals surface area contributed by atoms with Crippen molar-refractivity contribution in [2.45, 2.75) is 30.2 Å². The number of hydrogen-bond donors (Lipinski definition) is 2. The normalized spacial score (nSPS) is 17.0. The number of methoxy groups -OCH3 is 2. The van der Waals surface area contributed by atoms with Gasteiger partial charge in [0, 0.05) is 11.7 Å². The fourth-order valence-electron chi connectivity index (χ4n) is 3.28. The van der Waals surface area contributed by atoms with Gasteiger partial charge in [0.05, 0.1) is 14.2 Å². The topological polar surface area (TPSA) is 90.6 Å². The molecule has 3 N–H and O–H groups in total. The summed E-state index contributed by atoms with van der Waals surface area (Å²) in [5.74, 6) is 0.500. The van der Waals surface area contributed by atoms with Crippen molar-refractivity contribution in [1.29, 1.82) is 0 Å². The van der Waals surface area contributed by atoms with Crippen molar-refractivity contribution in [3.05, 3.63) is 47.5 Å². The number of aryl methyl sites for hydroxylation is 1. The molecule has 1 aliphatic carbocycles. The third kappa shape index (κ3) is 3.43. The lowest BCUT2D eigenvalue weighted by molar-refractivity contribution is 0.372. The summed E-state index contributed by atoms with van der Waals surface area (Å²) in [6, 6.07) is 10.2. The lowest BCUT2D eigenvalue weighted by atomic mass is 9.88. The zero-order valence-electron chi connectivity index (χ0n) is 14.3. The van der Waals surface area contributed by atoms with Crippen molar-refractivity contribution in [2.75, 3.05) is 20.0 Å². The first-order chi connectivity index (χ1) is 12.0. The van der Waals surface area contributed by atoms with Gasteiger partial charge in [0.25, 0.3) is 0 Å². The molecule has 1 atom stereocenters. The Balaban J connectivity index is 1.99. The summed E-state index contributed by atoms with van der Waals surface area (Å²) in [5, 5.41) is 0. The number of fused-ring (bicyclic) bond motifs is 1. The van der Waals surface area contributed by atoms with E-state index in [2.05, 4.69) is 4.72 Å². The number of anilines is 1. The van der Waals surface area contributed by atoms with Crippen LogP contribution in [0.2, 0.25) is 0 Å². The van der Waals surface area contributed by atoms with Crippen LogP contribution in [0.1, 0.15) is 30.0 Å². The predicted molar refractivity (Wildman–Crippen MR) is 96.4 cm³/mol. The molecule has 2 aromatic rings. The van der Waals surface area contributed by atoms with Gasteiger partial charge < -0.3 is 15.2 Å². The highest BCUT2D eigenvalue weighted by atomic mass is 32.2. The summed E-state index contributed by atoms with van der Waals surface area (Å²) in [7, 11) is -0.956. The molecule has 134 valence electrons. The summed E-state index contributed by atoms with van der Waals surface area (Å²) in [4.78, 5) is 0.0163. The number of nitrogens with two attached hydrogens (primary N) is 1. The third-order valence-corrected chi connectivity index (χ3v) is 5.96. The molecule has 0 spiro atoms. The van der Waals surface area contributed by atoms with Crippen LogP contribution in [0.3, 0.4) is 0 Å². The van der Waals surface area contributed by atoms with Gasteiger partial charge in [-0.05, 0) is 54.7 Å². The Bertz CT molecular complexity index is 858. The first kappa shape index (κ1) is 17.6. The van der Waals surface area contributed by atoms with E-state index in [9.17, 15) is 8.42 Å². The lowest BCUT2D eigenvalue weighted by Crippen LogP contribution is -2.31. The molecule has 0 aromatic heterocycles. The third-order valence-electron chi connectivity index (χ3n) is 4.43. The molecule has 0 bridgehead atoms. The lowest BCUT2D eigenvalue weighted by Gasteiger charge is -2.27. The SMILES string of the molecule is COc1cccc(OC)c1S(=O)(=O)NC1CCCc2cc(N)ccc21. The molecule has 0 saturated heterocycles. The molecule has 2 aromatic carbocycles. The van der Waals surface area contributed by atoms with Crippen LogP contribution in [-0.4, -0.2) is 22.6 Å². The van der Waals surface area contributed by atoms with Crippen LogP contribution in [0.4, 0.5) is 5.69 Å². The van der Waals surface area contributed by atoms with Gasteiger partial charge in [-0.2, -0.15) is 0 Å². The molecule has 0 amide bonds. The van der Waals surface area contributed by atoms with Crippen molar-refractivity contribution in [1.82, 2.24) is 4.72 Å². The second-order valence-corrected chi connectivity index (χ2v) is 7.67. The Morgan fingerprint density at radius 3 is 2.44 bits per heavy atom. The summed E-state index contributed by atoms with van der Waals surface area (Å²) >= 11 is 0. The molecule has 7 heteroatoms. The number of benzene rings is 2. The predicted octanol–water partition coefficient (Wildman–Crippen LogP) is 2.64. The zero-order valence-corrected chi connectivity index (χ0v) is 15.1. The van der Waals surface area contributed by atoms with E-state index in [-0.39, 0.29) is 22.4 Å². The van der Waals surface area contributed by atoms with Gasteiger partial charge in [-0.25, -0.2) is 13.1 Å². The summed E-state index contributed by atoms with van der Waals surface area (Å²) in [5.41, 5.74) is 8.60. The average molecular weight is 362 g/mol. The van der Waals surface area contributed by atoms with E-state index >= 15 is 0 Å². The minimum atomic E-state index is -3.83. The minimum absolute atomic E-state index is 0.0163. The molecule has 0 aliphatic heterocycles. The molecule has 3 rings (SSSR count). The molecule has 0 fully saturated rings. The molecule has 0 saturated carbocycles. The van der Waals surface area contributed by atoms with Gasteiger partial charge in [-0.15, -0.1) is 0 Å². The van der Waals surface area contributed by atoms with Crippen LogP contribution in [0.15, 0.2) is 41.3 Å². The highest BCUT2D eigenvalue weighted by molar-refractivity contribution is 7.89. The number of hydrogen-bond acceptors (Lipinski definition) is 5. The van der Waals surface area contributed by atoms with E-state index in [1.54, 1.807) is 24.3 Å². The van der Waals surface area contributed by atoms with Crippen LogP contribution in [0, 0.1) is 0 Å². The zero-order chi connectivity index (χ0) is 18.0. The molecule has 0 radical (unpaired) electrons. The standard InChI is InChI=1S/C18H22N2O4S/c1-23-16-7-4-8-17(24-2)18(16)25(21,22)20-15-6-3-5-12-11-13(19)9-10-14(12)15/h4,7-11,15,20H,3,5-6,19H2,1-2H3. The molecular formula is C18H22N2O4S. The van der Waals surface area contributed by atoms with E-state index in [0.29, 0.717) is 5.69 Å². The Kier molecular flexibility index (Phi) is 4.87. The molecular weight excluding hydrogens is 340 g/mol. The van der Waals surface area contributed by atoms with Gasteiger partial charge in [0.15, 0.2) is 4.90 Å². The maximum absolute atomic E-state index is 13.0. The van der Waals surface area contributed by atoms with Crippen molar-refractivity contribution < 1.29 is 17.9 Å². The largest absolute Gasteiger partial charge is 0.495 e. The van der Waals surface area contributed by atoms with Gasteiger partial charge in [-0.1, -0.05) is 12.1 Å². The van der Waals surface area contributed by atoms with Crippen LogP contribution in [0.25, 0.3) is 0 Å². The highest BCUT2D eigenvalue weighted by Crippen LogP contribution is 2.36. The maximum Gasteiger partial charge on any atom is 0.248 e. The number of rotatable bonds is 5. The van der Waals surface area contributed by atoms with E-state index in [0.717, 1.165) is 30.4 Å². The molecule has 0 heterocycles. The Hall–Kier alpha value is -2.25. The van der Waals surface area contributed by atoms with E-state index in [1.807, 2.05) is 12.1 Å². The summed E-state index contributed by atoms with van der Waals surface area (Å²) in [6.45, 7) is 0. The second kappa shape index (κ2) is 6.93. The van der Waals surface area contributed by atoms with Gasteiger partial charge in [0.2, 0.25) is 10.0 Å². The summed E-state index contributed by atoms with van der Waals surface area (Å²) < 4.78 is 39.4. The second-order valence-electron chi connectivity index (χ2n) is 6.02. The van der Waals surface area contributed by atoms with Gasteiger partial charge in [0.1, 0.15) is 11.5 Å². The number of ether oxygens (including phenoxy) is 2. The Morgan fingerprint density at radius 1 is 1.12 bits per heavy atom. The minimum Gasteiger partial charge on any atom is -0.495 e. The first-order valence-corrected chi connectivity index (χ1v) is 9.56. The highest BCUT2D eigenvalue weighted by Gasteiger charge is 2.30. The van der Waals surface area contributed by atoms with Gasteiger partial charge >= 0.3 is 0 Å². The molecule has 6 nitrogen and oxygen atoms in total. The number of nitrogen functional groups attached to an aromatic ring is 1. The van der Waals surface area contributed by atoms with Crippen LogP contribution < -0.4 is 19.9 Å². The number of nitrogens with one attached hydrogen (secondary N) is 1. The molecule has 25 heavy (non-hydrogen) atoms. The van der Waals surface area contributed by atoms with E-state index in [4.69, 9.17) is 15.2 Å². The van der Waals surface area contributed by atoms with Crippen molar-refractivity contribution in [3.63, 3.8) is 0 Å².